The fourth-order valence-corrected chi connectivity index (χ4v) is 1.33. The van der Waals surface area contributed by atoms with E-state index in [0.717, 1.165) is 25.9 Å². The summed E-state index contributed by atoms with van der Waals surface area (Å²) < 4.78 is 2.01. The zero-order valence-electron chi connectivity index (χ0n) is 5.45. The Balaban J connectivity index is 2.18. The molecule has 0 bridgehead atoms. The molecule has 1 N–H and O–H groups in total. The molecule has 0 aromatic rings. The third-order valence-electron chi connectivity index (χ3n) is 1.85. The summed E-state index contributed by atoms with van der Waals surface area (Å²) in [5.41, 5.74) is 0. The third-order valence-corrected chi connectivity index (χ3v) is 2.25. The number of rotatable bonds is 1. The highest BCUT2D eigenvalue weighted by molar-refractivity contribution is 7.77. The van der Waals surface area contributed by atoms with Gasteiger partial charge in [-0.1, -0.05) is 12.8 Å². The van der Waals surface area contributed by atoms with Crippen LogP contribution in [0.1, 0.15) is 12.8 Å². The fourth-order valence-electron chi connectivity index (χ4n) is 1.10. The Labute approximate surface area is 61.4 Å². The van der Waals surface area contributed by atoms with Crippen LogP contribution in [-0.2, 0) is 0 Å². The zero-order valence-corrected chi connectivity index (χ0v) is 6.35. The molecular formula is C6H13NOS. The molecule has 1 saturated heterocycles. The summed E-state index contributed by atoms with van der Waals surface area (Å²) >= 11 is 4.19. The van der Waals surface area contributed by atoms with E-state index in [-0.39, 0.29) is 0 Å². The van der Waals surface area contributed by atoms with Gasteiger partial charge >= 0.3 is 0 Å². The van der Waals surface area contributed by atoms with Crippen LogP contribution in [-0.4, -0.2) is 29.1 Å². The molecule has 54 valence electrons. The van der Waals surface area contributed by atoms with Gasteiger partial charge in [-0.05, 0) is 18.8 Å². The van der Waals surface area contributed by atoms with Crippen LogP contribution in [0, 0.1) is 5.92 Å². The third kappa shape index (κ3) is 2.16. The summed E-state index contributed by atoms with van der Waals surface area (Å²) in [6.07, 6.45) is 2.19. The average Bonchev–Trinajstić information content (AvgIpc) is 1.90. The Hall–Kier alpha value is 0.270. The molecule has 0 aromatic carbocycles. The number of piperidine rings is 1. The van der Waals surface area contributed by atoms with Gasteiger partial charge in [-0.25, -0.2) is 0 Å². The summed E-state index contributed by atoms with van der Waals surface area (Å²) in [5.74, 6) is 0.536. The van der Waals surface area contributed by atoms with E-state index in [1.807, 2.05) is 4.31 Å². The topological polar surface area (TPSA) is 23.5 Å². The van der Waals surface area contributed by atoms with Crippen molar-refractivity contribution in [3.05, 3.63) is 0 Å². The summed E-state index contributed by atoms with van der Waals surface area (Å²) in [5, 5.41) is 8.73. The molecule has 0 aliphatic carbocycles. The molecule has 1 rings (SSSR count). The lowest BCUT2D eigenvalue weighted by Crippen LogP contribution is -2.27. The first kappa shape index (κ1) is 7.38. The number of nitrogens with zero attached hydrogens (tertiary/aromatic N) is 1. The van der Waals surface area contributed by atoms with Gasteiger partial charge in [-0.2, -0.15) is 0 Å². The summed E-state index contributed by atoms with van der Waals surface area (Å²) in [4.78, 5) is 0. The highest BCUT2D eigenvalue weighted by Crippen LogP contribution is 2.16. The summed E-state index contributed by atoms with van der Waals surface area (Å²) in [7, 11) is 0. The molecule has 0 atom stereocenters. The molecule has 1 aliphatic rings. The largest absolute Gasteiger partial charge is 0.396 e. The van der Waals surface area contributed by atoms with Crippen molar-refractivity contribution in [3.8, 4) is 0 Å². The Morgan fingerprint density at radius 1 is 1.44 bits per heavy atom. The van der Waals surface area contributed by atoms with E-state index in [1.165, 1.54) is 0 Å². The minimum absolute atomic E-state index is 0.349. The molecular weight excluding hydrogens is 134 g/mol. The normalized spacial score (nSPS) is 24.7. The molecule has 1 aliphatic heterocycles. The van der Waals surface area contributed by atoms with Crippen LogP contribution >= 0.6 is 12.8 Å². The van der Waals surface area contributed by atoms with Crippen LogP contribution in [0.2, 0.25) is 0 Å². The Kier molecular flexibility index (Phi) is 2.82. The van der Waals surface area contributed by atoms with Gasteiger partial charge in [0.05, 0.1) is 0 Å². The van der Waals surface area contributed by atoms with Gasteiger partial charge in [0.25, 0.3) is 0 Å². The lowest BCUT2D eigenvalue weighted by atomic mass is 10.00. The minimum Gasteiger partial charge on any atom is -0.396 e. The van der Waals surface area contributed by atoms with Crippen molar-refractivity contribution >= 4 is 12.8 Å². The number of thiol groups is 1. The van der Waals surface area contributed by atoms with E-state index in [0.29, 0.717) is 12.5 Å². The molecule has 0 spiro atoms. The van der Waals surface area contributed by atoms with Crippen LogP contribution in [0.25, 0.3) is 0 Å². The van der Waals surface area contributed by atoms with Crippen molar-refractivity contribution in [3.63, 3.8) is 0 Å². The second-order valence-corrected chi connectivity index (χ2v) is 3.15. The highest BCUT2D eigenvalue weighted by Gasteiger charge is 2.15. The second-order valence-electron chi connectivity index (χ2n) is 2.58. The van der Waals surface area contributed by atoms with Gasteiger partial charge in [0, 0.05) is 19.7 Å². The van der Waals surface area contributed by atoms with Gasteiger partial charge in [0.1, 0.15) is 0 Å². The van der Waals surface area contributed by atoms with Crippen molar-refractivity contribution in [2.75, 3.05) is 19.7 Å². The predicted octanol–water partition coefficient (Wildman–Crippen LogP) is 0.535. The van der Waals surface area contributed by atoms with Crippen LogP contribution in [0.4, 0.5) is 0 Å². The van der Waals surface area contributed by atoms with E-state index in [9.17, 15) is 0 Å². The zero-order chi connectivity index (χ0) is 6.69. The van der Waals surface area contributed by atoms with Crippen molar-refractivity contribution < 1.29 is 5.11 Å². The van der Waals surface area contributed by atoms with Crippen LogP contribution in [0.15, 0.2) is 0 Å². The van der Waals surface area contributed by atoms with Crippen molar-refractivity contribution in [2.45, 2.75) is 12.8 Å². The number of hydrogen-bond donors (Lipinski definition) is 2. The minimum atomic E-state index is 0.349. The first-order chi connectivity index (χ1) is 4.33. The van der Waals surface area contributed by atoms with Crippen molar-refractivity contribution in [1.29, 1.82) is 0 Å². The molecule has 1 heterocycles. The van der Waals surface area contributed by atoms with Gasteiger partial charge in [-0.3, -0.25) is 4.31 Å². The Bertz CT molecular complexity index is 81.1. The van der Waals surface area contributed by atoms with E-state index < -0.39 is 0 Å². The van der Waals surface area contributed by atoms with Crippen LogP contribution < -0.4 is 0 Å². The van der Waals surface area contributed by atoms with Crippen LogP contribution in [0.3, 0.4) is 0 Å². The molecule has 0 saturated carbocycles. The summed E-state index contributed by atoms with van der Waals surface area (Å²) in [6.45, 7) is 2.39. The maximum absolute atomic E-state index is 8.73. The lowest BCUT2D eigenvalue weighted by Gasteiger charge is -2.26. The molecule has 9 heavy (non-hydrogen) atoms. The molecule has 2 nitrogen and oxygen atoms in total. The van der Waals surface area contributed by atoms with Crippen LogP contribution in [0.5, 0.6) is 0 Å². The van der Waals surface area contributed by atoms with Gasteiger partial charge in [0.2, 0.25) is 0 Å². The lowest BCUT2D eigenvalue weighted by molar-refractivity contribution is 0.175. The number of aliphatic hydroxyl groups is 1. The smallest absolute Gasteiger partial charge is 0.0460 e. The highest BCUT2D eigenvalue weighted by atomic mass is 32.1. The monoisotopic (exact) mass is 147 g/mol. The fraction of sp³-hybridized carbons (Fsp3) is 1.00. The molecule has 0 unspecified atom stereocenters. The predicted molar refractivity (Wildman–Crippen MR) is 40.4 cm³/mol. The molecule has 0 amide bonds. The Morgan fingerprint density at radius 2 is 2.00 bits per heavy atom. The van der Waals surface area contributed by atoms with Crippen molar-refractivity contribution in [1.82, 2.24) is 4.31 Å². The van der Waals surface area contributed by atoms with Gasteiger partial charge < -0.3 is 5.11 Å². The van der Waals surface area contributed by atoms with Crippen molar-refractivity contribution in [2.24, 2.45) is 5.92 Å². The SMILES string of the molecule is OCC1CCN(S)CC1. The van der Waals surface area contributed by atoms with Gasteiger partial charge in [0.15, 0.2) is 0 Å². The quantitative estimate of drug-likeness (QED) is 0.529. The molecule has 3 heteroatoms. The molecule has 1 fully saturated rings. The second kappa shape index (κ2) is 3.44. The van der Waals surface area contributed by atoms with E-state index in [2.05, 4.69) is 12.8 Å². The molecule has 0 radical (unpaired) electrons. The number of hydrogen-bond acceptors (Lipinski definition) is 3. The van der Waals surface area contributed by atoms with E-state index >= 15 is 0 Å². The average molecular weight is 147 g/mol. The first-order valence-electron chi connectivity index (χ1n) is 3.37. The van der Waals surface area contributed by atoms with Gasteiger partial charge in [-0.15, -0.1) is 0 Å². The van der Waals surface area contributed by atoms with E-state index in [4.69, 9.17) is 5.11 Å². The Morgan fingerprint density at radius 3 is 2.44 bits per heavy atom. The standard InChI is InChI=1S/C6H13NOS/c8-5-6-1-3-7(9)4-2-6/h6,8-9H,1-5H2. The maximum Gasteiger partial charge on any atom is 0.0460 e. The summed E-state index contributed by atoms with van der Waals surface area (Å²) in [6, 6.07) is 0. The molecule has 0 aromatic heterocycles. The van der Waals surface area contributed by atoms with E-state index in [1.54, 1.807) is 0 Å². The maximum atomic E-state index is 8.73. The first-order valence-corrected chi connectivity index (χ1v) is 3.77. The number of aliphatic hydroxyl groups excluding tert-OH is 1.